The summed E-state index contributed by atoms with van der Waals surface area (Å²) in [5.41, 5.74) is 5.29. The predicted octanol–water partition coefficient (Wildman–Crippen LogP) is 5.43. The molecule has 0 saturated heterocycles. The second-order valence-electron chi connectivity index (χ2n) is 9.43. The molecule has 0 aliphatic carbocycles. The number of esters is 1. The van der Waals surface area contributed by atoms with Crippen molar-refractivity contribution in [2.75, 3.05) is 13.2 Å². The summed E-state index contributed by atoms with van der Waals surface area (Å²) in [6.45, 7) is 3.47. The Hall–Kier alpha value is -4.09. The number of thiocarbonyl (C=S) groups is 1. The van der Waals surface area contributed by atoms with Crippen molar-refractivity contribution in [1.82, 2.24) is 16.1 Å². The molecule has 3 aromatic carbocycles. The van der Waals surface area contributed by atoms with E-state index in [9.17, 15) is 19.7 Å². The highest BCUT2D eigenvalue weighted by atomic mass is 127. The fourth-order valence-electron chi connectivity index (χ4n) is 4.30. The van der Waals surface area contributed by atoms with Crippen LogP contribution in [0.5, 0.6) is 11.5 Å². The van der Waals surface area contributed by atoms with E-state index in [0.717, 1.165) is 13.6 Å². The molecule has 0 saturated carbocycles. The van der Waals surface area contributed by atoms with E-state index in [1.165, 1.54) is 18.3 Å². The van der Waals surface area contributed by atoms with Crippen molar-refractivity contribution >= 4 is 79.6 Å². The lowest BCUT2D eigenvalue weighted by Crippen LogP contribution is -2.45. The Labute approximate surface area is 286 Å². The predicted molar refractivity (Wildman–Crippen MR) is 183 cm³/mol. The zero-order valence-electron chi connectivity index (χ0n) is 24.0. The quantitative estimate of drug-likeness (QED) is 0.0540. The number of para-hydroxylation sites is 1. The zero-order valence-corrected chi connectivity index (χ0v) is 28.5. The number of ether oxygens (including phenoxy) is 3. The summed E-state index contributed by atoms with van der Waals surface area (Å²) in [5, 5.41) is 21.4. The van der Waals surface area contributed by atoms with Gasteiger partial charge in [-0.3, -0.25) is 14.9 Å². The second-order valence-corrected chi connectivity index (χ2v) is 11.9. The van der Waals surface area contributed by atoms with Gasteiger partial charge in [-0.15, -0.1) is 0 Å². The van der Waals surface area contributed by atoms with Crippen molar-refractivity contribution in [3.63, 3.8) is 0 Å². The van der Waals surface area contributed by atoms with Gasteiger partial charge in [-0.2, -0.15) is 5.10 Å². The Morgan fingerprint density at radius 2 is 1.91 bits per heavy atom. The minimum absolute atomic E-state index is 0.00609. The normalized spacial score (nSPS) is 14.4. The second kappa shape index (κ2) is 15.8. The summed E-state index contributed by atoms with van der Waals surface area (Å²) in [4.78, 5) is 35.9. The van der Waals surface area contributed by atoms with Gasteiger partial charge in [0, 0.05) is 33.4 Å². The van der Waals surface area contributed by atoms with Gasteiger partial charge < -0.3 is 24.8 Å². The van der Waals surface area contributed by atoms with Crippen LogP contribution in [0.15, 0.2) is 81.5 Å². The summed E-state index contributed by atoms with van der Waals surface area (Å²) in [7, 11) is 0. The zero-order chi connectivity index (χ0) is 32.5. The van der Waals surface area contributed by atoms with Crippen LogP contribution in [0.2, 0.25) is 0 Å². The molecule has 1 atom stereocenters. The Bertz CT molecular complexity index is 1680. The summed E-state index contributed by atoms with van der Waals surface area (Å²) >= 11 is 10.9. The molecule has 0 radical (unpaired) electrons. The number of hydrogen-bond donors (Lipinski definition) is 3. The van der Waals surface area contributed by atoms with Crippen molar-refractivity contribution in [2.24, 2.45) is 5.10 Å². The topological polar surface area (TPSA) is 153 Å². The minimum Gasteiger partial charge on any atom is -0.487 e. The van der Waals surface area contributed by atoms with Crippen molar-refractivity contribution in [3.8, 4) is 11.5 Å². The first kappa shape index (κ1) is 33.8. The lowest BCUT2D eigenvalue weighted by molar-refractivity contribution is -0.384. The van der Waals surface area contributed by atoms with Gasteiger partial charge in [0.25, 0.3) is 11.6 Å². The number of hydrazone groups is 1. The largest absolute Gasteiger partial charge is 0.487 e. The van der Waals surface area contributed by atoms with Gasteiger partial charge in [-0.05, 0) is 84.6 Å². The molecule has 0 aromatic heterocycles. The maximum Gasteiger partial charge on any atom is 0.338 e. The highest BCUT2D eigenvalue weighted by Gasteiger charge is 2.32. The van der Waals surface area contributed by atoms with Crippen LogP contribution in [0.1, 0.15) is 36.6 Å². The maximum absolute atomic E-state index is 12.8. The molecule has 0 unspecified atom stereocenters. The summed E-state index contributed by atoms with van der Waals surface area (Å²) in [5.74, 6) is -0.127. The maximum atomic E-state index is 12.8. The molecule has 234 valence electrons. The minimum atomic E-state index is -0.654. The third-order valence-corrected chi connectivity index (χ3v) is 7.79. The fraction of sp³-hybridized carbons (Fsp3) is 0.200. The van der Waals surface area contributed by atoms with Gasteiger partial charge in [0.05, 0.1) is 32.9 Å². The molecule has 45 heavy (non-hydrogen) atoms. The first-order valence-electron chi connectivity index (χ1n) is 13.4. The molecule has 3 aromatic rings. The van der Waals surface area contributed by atoms with E-state index in [1.807, 2.05) is 6.07 Å². The number of carbonyl (C=O) groups excluding carboxylic acids is 2. The molecule has 0 fully saturated rings. The highest BCUT2D eigenvalue weighted by molar-refractivity contribution is 14.1. The molecular weight excluding hydrogens is 781 g/mol. The molecule has 3 N–H and O–H groups in total. The van der Waals surface area contributed by atoms with Crippen LogP contribution < -0.4 is 25.5 Å². The van der Waals surface area contributed by atoms with E-state index < -0.39 is 22.8 Å². The molecule has 1 aliphatic rings. The average molecular weight is 808 g/mol. The Kier molecular flexibility index (Phi) is 11.8. The van der Waals surface area contributed by atoms with Gasteiger partial charge >= 0.3 is 5.97 Å². The molecule has 0 spiro atoms. The van der Waals surface area contributed by atoms with Crippen molar-refractivity contribution in [2.45, 2.75) is 26.5 Å². The number of nitrogens with zero attached hydrogens (tertiary/aromatic N) is 2. The van der Waals surface area contributed by atoms with Crippen LogP contribution in [0.4, 0.5) is 5.69 Å². The van der Waals surface area contributed by atoms with Crippen molar-refractivity contribution < 1.29 is 28.7 Å². The molecular formula is C30H27BrIN5O7S. The molecule has 4 rings (SSSR count). The number of nitrogens with one attached hydrogen (secondary N) is 3. The third kappa shape index (κ3) is 8.98. The molecule has 0 bridgehead atoms. The van der Waals surface area contributed by atoms with Gasteiger partial charge in [-0.1, -0.05) is 34.1 Å². The fourth-order valence-corrected chi connectivity index (χ4v) is 6.28. The van der Waals surface area contributed by atoms with E-state index in [4.69, 9.17) is 26.4 Å². The van der Waals surface area contributed by atoms with E-state index in [1.54, 1.807) is 56.3 Å². The van der Waals surface area contributed by atoms with Crippen LogP contribution >= 0.6 is 50.7 Å². The molecule has 1 aliphatic heterocycles. The van der Waals surface area contributed by atoms with Crippen LogP contribution in [0.3, 0.4) is 0 Å². The third-order valence-electron chi connectivity index (χ3n) is 6.31. The number of non-ortho nitro benzene ring substituents is 1. The van der Waals surface area contributed by atoms with Gasteiger partial charge in [-0.25, -0.2) is 10.2 Å². The number of carbonyl (C=O) groups is 2. The van der Waals surface area contributed by atoms with E-state index >= 15 is 0 Å². The van der Waals surface area contributed by atoms with E-state index in [2.05, 4.69) is 59.7 Å². The standard InChI is InChI=1S/C30H27BrIN5O7S/c1-3-42-29(39)26-17(2)34-30(45)35-27(26)22-6-4-5-7-24(22)43-16-25(38)36-33-14-19-12-20(31)13-23(32)28(19)44-15-18-8-10-21(11-9-18)37(40)41/h4-14,27H,3,15-16H2,1-2H3,(H,36,38)(H2,34,35,45)/t27-/m1/s1. The number of benzene rings is 3. The molecule has 15 heteroatoms. The lowest BCUT2D eigenvalue weighted by atomic mass is 9.95. The first-order valence-corrected chi connectivity index (χ1v) is 15.7. The number of nitro benzene ring substituents is 1. The Morgan fingerprint density at radius 1 is 1.18 bits per heavy atom. The first-order chi connectivity index (χ1) is 21.6. The number of amides is 1. The van der Waals surface area contributed by atoms with Crippen LogP contribution in [-0.2, 0) is 20.9 Å². The SMILES string of the molecule is CCOC(=O)C1=C(C)NC(=S)N[C@@H]1c1ccccc1OCC(=O)NN=Cc1cc(Br)cc(I)c1OCc1ccc([N+](=O)[O-])cc1. The Balaban J connectivity index is 1.43. The molecule has 1 amide bonds. The smallest absolute Gasteiger partial charge is 0.338 e. The van der Waals surface area contributed by atoms with Crippen LogP contribution in [0, 0.1) is 13.7 Å². The summed E-state index contributed by atoms with van der Waals surface area (Å²) < 4.78 is 18.7. The summed E-state index contributed by atoms with van der Waals surface area (Å²) in [6, 6.07) is 16.1. The van der Waals surface area contributed by atoms with Gasteiger partial charge in [0.1, 0.15) is 18.1 Å². The highest BCUT2D eigenvalue weighted by Crippen LogP contribution is 2.34. The number of nitro groups is 1. The van der Waals surface area contributed by atoms with E-state index in [-0.39, 0.29) is 25.5 Å². The lowest BCUT2D eigenvalue weighted by Gasteiger charge is -2.30. The van der Waals surface area contributed by atoms with Crippen LogP contribution in [-0.4, -0.2) is 41.3 Å². The number of halogens is 2. The Morgan fingerprint density at radius 3 is 2.62 bits per heavy atom. The van der Waals surface area contributed by atoms with Crippen LogP contribution in [0.25, 0.3) is 0 Å². The number of rotatable bonds is 12. The van der Waals surface area contributed by atoms with Gasteiger partial charge in [0.2, 0.25) is 0 Å². The number of hydrogen-bond acceptors (Lipinski definition) is 9. The van der Waals surface area contributed by atoms with Gasteiger partial charge in [0.15, 0.2) is 11.7 Å². The van der Waals surface area contributed by atoms with Crippen molar-refractivity contribution in [3.05, 3.63) is 107 Å². The molecule has 1 heterocycles. The molecule has 12 nitrogen and oxygen atoms in total. The monoisotopic (exact) mass is 807 g/mol. The van der Waals surface area contributed by atoms with E-state index in [0.29, 0.717) is 39.0 Å². The number of allylic oxidation sites excluding steroid dienone is 1. The average Bonchev–Trinajstić information content (AvgIpc) is 2.99. The summed E-state index contributed by atoms with van der Waals surface area (Å²) in [6.07, 6.45) is 1.45. The van der Waals surface area contributed by atoms with Crippen molar-refractivity contribution in [1.29, 1.82) is 0 Å².